The van der Waals surface area contributed by atoms with Crippen LogP contribution in [0.15, 0.2) is 22.7 Å². The van der Waals surface area contributed by atoms with E-state index in [-0.39, 0.29) is 18.0 Å². The standard InChI is InChI=1S/C10H11BrFNO/c11-9-5-7(1-2-10(9)12)14-8-3-6(13)4-8/h1-2,5-6,8H,3-4,13H2. The lowest BCUT2D eigenvalue weighted by molar-refractivity contribution is 0.101. The van der Waals surface area contributed by atoms with E-state index in [9.17, 15) is 4.39 Å². The van der Waals surface area contributed by atoms with Crippen molar-refractivity contribution in [3.05, 3.63) is 28.5 Å². The highest BCUT2D eigenvalue weighted by molar-refractivity contribution is 9.10. The normalized spacial score (nSPS) is 25.6. The number of hydrogen-bond acceptors (Lipinski definition) is 2. The lowest BCUT2D eigenvalue weighted by atomic mass is 9.90. The average molecular weight is 260 g/mol. The van der Waals surface area contributed by atoms with E-state index in [0.717, 1.165) is 12.8 Å². The van der Waals surface area contributed by atoms with E-state index in [0.29, 0.717) is 10.2 Å². The fourth-order valence-electron chi connectivity index (χ4n) is 1.45. The molecule has 1 fully saturated rings. The molecule has 2 N–H and O–H groups in total. The van der Waals surface area contributed by atoms with Gasteiger partial charge in [0.15, 0.2) is 0 Å². The van der Waals surface area contributed by atoms with Crippen molar-refractivity contribution >= 4 is 15.9 Å². The van der Waals surface area contributed by atoms with Gasteiger partial charge in [-0.2, -0.15) is 0 Å². The summed E-state index contributed by atoms with van der Waals surface area (Å²) in [5.41, 5.74) is 5.63. The maximum atomic E-state index is 12.9. The van der Waals surface area contributed by atoms with E-state index < -0.39 is 0 Å². The molecule has 0 aromatic heterocycles. The number of hydrogen-bond donors (Lipinski definition) is 1. The first kappa shape index (κ1) is 9.93. The second-order valence-electron chi connectivity index (χ2n) is 3.55. The van der Waals surface area contributed by atoms with Crippen molar-refractivity contribution in [1.82, 2.24) is 0 Å². The van der Waals surface area contributed by atoms with Gasteiger partial charge < -0.3 is 10.5 Å². The Morgan fingerprint density at radius 2 is 2.14 bits per heavy atom. The van der Waals surface area contributed by atoms with Gasteiger partial charge in [-0.05, 0) is 47.0 Å². The van der Waals surface area contributed by atoms with Crippen LogP contribution in [0.25, 0.3) is 0 Å². The van der Waals surface area contributed by atoms with Crippen LogP contribution in [0, 0.1) is 5.82 Å². The topological polar surface area (TPSA) is 35.2 Å². The zero-order chi connectivity index (χ0) is 10.1. The molecular formula is C10H11BrFNO. The minimum atomic E-state index is -0.275. The fourth-order valence-corrected chi connectivity index (χ4v) is 1.80. The Bertz CT molecular complexity index is 339. The van der Waals surface area contributed by atoms with E-state index >= 15 is 0 Å². The van der Waals surface area contributed by atoms with E-state index in [4.69, 9.17) is 10.5 Å². The third kappa shape index (κ3) is 2.07. The summed E-state index contributed by atoms with van der Waals surface area (Å²) in [6.45, 7) is 0. The number of halogens is 2. The van der Waals surface area contributed by atoms with Crippen molar-refractivity contribution in [2.75, 3.05) is 0 Å². The average Bonchev–Trinajstić information content (AvgIpc) is 2.09. The summed E-state index contributed by atoms with van der Waals surface area (Å²) in [6, 6.07) is 4.92. The molecule has 1 aromatic rings. The van der Waals surface area contributed by atoms with Crippen LogP contribution < -0.4 is 10.5 Å². The Kier molecular flexibility index (Phi) is 2.74. The van der Waals surface area contributed by atoms with Crippen LogP contribution in [0.2, 0.25) is 0 Å². The van der Waals surface area contributed by atoms with E-state index in [1.54, 1.807) is 12.1 Å². The third-order valence-corrected chi connectivity index (χ3v) is 2.93. The summed E-state index contributed by atoms with van der Waals surface area (Å²) in [5.74, 6) is 0.415. The van der Waals surface area contributed by atoms with E-state index in [1.165, 1.54) is 6.07 Å². The number of benzene rings is 1. The Labute approximate surface area is 90.4 Å². The molecule has 1 aromatic carbocycles. The van der Waals surface area contributed by atoms with E-state index in [2.05, 4.69) is 15.9 Å². The molecule has 0 aliphatic heterocycles. The largest absolute Gasteiger partial charge is 0.490 e. The van der Waals surface area contributed by atoms with E-state index in [1.807, 2.05) is 0 Å². The van der Waals surface area contributed by atoms with Gasteiger partial charge in [0.05, 0.1) is 4.47 Å². The molecule has 14 heavy (non-hydrogen) atoms. The van der Waals surface area contributed by atoms with Crippen molar-refractivity contribution < 1.29 is 9.13 Å². The minimum absolute atomic E-state index is 0.197. The molecular weight excluding hydrogens is 249 g/mol. The number of nitrogens with two attached hydrogens (primary N) is 1. The van der Waals surface area contributed by atoms with Crippen LogP contribution in [-0.4, -0.2) is 12.1 Å². The molecule has 0 radical (unpaired) electrons. The zero-order valence-corrected chi connectivity index (χ0v) is 9.13. The highest BCUT2D eigenvalue weighted by Gasteiger charge is 2.27. The first-order valence-corrected chi connectivity index (χ1v) is 5.32. The Morgan fingerprint density at radius 3 is 2.71 bits per heavy atom. The Morgan fingerprint density at radius 1 is 1.43 bits per heavy atom. The molecule has 0 atom stereocenters. The second kappa shape index (κ2) is 3.87. The van der Waals surface area contributed by atoms with Crippen molar-refractivity contribution in [2.24, 2.45) is 5.73 Å². The Hall–Kier alpha value is -0.610. The minimum Gasteiger partial charge on any atom is -0.490 e. The highest BCUT2D eigenvalue weighted by atomic mass is 79.9. The first-order valence-electron chi connectivity index (χ1n) is 4.52. The zero-order valence-electron chi connectivity index (χ0n) is 7.54. The highest BCUT2D eigenvalue weighted by Crippen LogP contribution is 2.27. The number of rotatable bonds is 2. The predicted molar refractivity (Wildman–Crippen MR) is 55.7 cm³/mol. The summed E-state index contributed by atoms with van der Waals surface area (Å²) in [6.07, 6.45) is 1.96. The van der Waals surface area contributed by atoms with Crippen molar-refractivity contribution in [2.45, 2.75) is 25.0 Å². The van der Waals surface area contributed by atoms with Crippen LogP contribution in [0.5, 0.6) is 5.75 Å². The molecule has 1 aliphatic rings. The molecule has 0 amide bonds. The van der Waals surface area contributed by atoms with Gasteiger partial charge in [-0.1, -0.05) is 0 Å². The first-order chi connectivity index (χ1) is 6.65. The molecule has 1 aliphatic carbocycles. The monoisotopic (exact) mass is 259 g/mol. The fraction of sp³-hybridized carbons (Fsp3) is 0.400. The predicted octanol–water partition coefficient (Wildman–Crippen LogP) is 2.46. The molecule has 1 saturated carbocycles. The lowest BCUT2D eigenvalue weighted by Crippen LogP contribution is -2.43. The van der Waals surface area contributed by atoms with Gasteiger partial charge in [0.1, 0.15) is 17.7 Å². The molecule has 0 unspecified atom stereocenters. The third-order valence-electron chi connectivity index (χ3n) is 2.33. The maximum Gasteiger partial charge on any atom is 0.137 e. The lowest BCUT2D eigenvalue weighted by Gasteiger charge is -2.32. The quantitative estimate of drug-likeness (QED) is 0.886. The SMILES string of the molecule is NC1CC(Oc2ccc(F)c(Br)c2)C1. The molecule has 2 rings (SSSR count). The van der Waals surface area contributed by atoms with Crippen molar-refractivity contribution in [3.63, 3.8) is 0 Å². The van der Waals surface area contributed by atoms with Crippen LogP contribution in [0.1, 0.15) is 12.8 Å². The number of ether oxygens (including phenoxy) is 1. The van der Waals surface area contributed by atoms with Gasteiger partial charge in [0.2, 0.25) is 0 Å². The summed E-state index contributed by atoms with van der Waals surface area (Å²) in [7, 11) is 0. The molecule has 2 nitrogen and oxygen atoms in total. The van der Waals surface area contributed by atoms with Gasteiger partial charge in [-0.3, -0.25) is 0 Å². The second-order valence-corrected chi connectivity index (χ2v) is 4.40. The molecule has 0 saturated heterocycles. The maximum absolute atomic E-state index is 12.9. The summed E-state index contributed by atoms with van der Waals surface area (Å²) in [5, 5.41) is 0. The van der Waals surface area contributed by atoms with Gasteiger partial charge in [0.25, 0.3) is 0 Å². The molecule has 0 heterocycles. The van der Waals surface area contributed by atoms with Gasteiger partial charge >= 0.3 is 0 Å². The van der Waals surface area contributed by atoms with Gasteiger partial charge in [0, 0.05) is 6.04 Å². The molecule has 76 valence electrons. The summed E-state index contributed by atoms with van der Waals surface area (Å²) in [4.78, 5) is 0. The molecule has 0 spiro atoms. The summed E-state index contributed by atoms with van der Waals surface area (Å²) >= 11 is 3.11. The summed E-state index contributed by atoms with van der Waals surface area (Å²) < 4.78 is 18.9. The molecule has 4 heteroatoms. The van der Waals surface area contributed by atoms with Gasteiger partial charge in [-0.25, -0.2) is 4.39 Å². The molecule has 0 bridgehead atoms. The smallest absolute Gasteiger partial charge is 0.137 e. The van der Waals surface area contributed by atoms with Crippen LogP contribution in [0.3, 0.4) is 0 Å². The van der Waals surface area contributed by atoms with Crippen molar-refractivity contribution in [3.8, 4) is 5.75 Å². The van der Waals surface area contributed by atoms with Crippen LogP contribution in [0.4, 0.5) is 4.39 Å². The van der Waals surface area contributed by atoms with Crippen LogP contribution >= 0.6 is 15.9 Å². The Balaban J connectivity index is 2.00. The van der Waals surface area contributed by atoms with Crippen LogP contribution in [-0.2, 0) is 0 Å². The van der Waals surface area contributed by atoms with Gasteiger partial charge in [-0.15, -0.1) is 0 Å². The van der Waals surface area contributed by atoms with Crippen molar-refractivity contribution in [1.29, 1.82) is 0 Å².